The third-order valence-electron chi connectivity index (χ3n) is 1.49. The maximum Gasteiger partial charge on any atom is 0.252 e. The van der Waals surface area contributed by atoms with Crippen LogP contribution in [0.1, 0.15) is 6.42 Å². The first-order valence-electron chi connectivity index (χ1n) is 2.84. The summed E-state index contributed by atoms with van der Waals surface area (Å²) in [7, 11) is 1.72. The monoisotopic (exact) mass is 127 g/mol. The van der Waals surface area contributed by atoms with E-state index in [1.807, 2.05) is 0 Å². The minimum atomic E-state index is -0.0579. The van der Waals surface area contributed by atoms with Crippen LogP contribution in [-0.4, -0.2) is 29.5 Å². The fourth-order valence-electron chi connectivity index (χ4n) is 0.862. The Kier molecular flexibility index (Phi) is 1.42. The Bertz CT molecular complexity index is 162. The number of aliphatic hydroxyl groups excluding tert-OH is 1. The summed E-state index contributed by atoms with van der Waals surface area (Å²) in [5.74, 6) is -0.0579. The van der Waals surface area contributed by atoms with Gasteiger partial charge in [-0.25, -0.2) is 0 Å². The molecule has 1 N–H and O–H groups in total. The zero-order chi connectivity index (χ0) is 6.85. The van der Waals surface area contributed by atoms with Crippen LogP contribution in [0.25, 0.3) is 0 Å². The van der Waals surface area contributed by atoms with Gasteiger partial charge in [0.05, 0.1) is 11.8 Å². The molecule has 0 bridgehead atoms. The van der Waals surface area contributed by atoms with E-state index in [0.29, 0.717) is 12.0 Å². The van der Waals surface area contributed by atoms with Gasteiger partial charge in [-0.1, -0.05) is 0 Å². The number of rotatable bonds is 0. The molecule has 0 atom stereocenters. The summed E-state index contributed by atoms with van der Waals surface area (Å²) >= 11 is 0. The van der Waals surface area contributed by atoms with E-state index in [2.05, 4.69) is 0 Å². The molecule has 0 aromatic carbocycles. The molecule has 0 aliphatic carbocycles. The topological polar surface area (TPSA) is 40.5 Å². The molecule has 3 nitrogen and oxygen atoms in total. The first kappa shape index (κ1) is 6.13. The van der Waals surface area contributed by atoms with Gasteiger partial charge in [0.2, 0.25) is 0 Å². The molecule has 0 spiro atoms. The van der Waals surface area contributed by atoms with Crippen LogP contribution in [0.15, 0.2) is 11.8 Å². The average Bonchev–Trinajstić information content (AvgIpc) is 2.15. The lowest BCUT2D eigenvalue weighted by Crippen LogP contribution is -2.18. The summed E-state index contributed by atoms with van der Waals surface area (Å²) in [6.07, 6.45) is 1.57. The van der Waals surface area contributed by atoms with Gasteiger partial charge < -0.3 is 10.0 Å². The van der Waals surface area contributed by atoms with Gasteiger partial charge in [-0.15, -0.1) is 0 Å². The third-order valence-corrected chi connectivity index (χ3v) is 1.49. The molecule has 1 aliphatic rings. The van der Waals surface area contributed by atoms with Crippen molar-refractivity contribution >= 4 is 5.91 Å². The molecule has 0 unspecified atom stereocenters. The van der Waals surface area contributed by atoms with Gasteiger partial charge in [0.1, 0.15) is 0 Å². The summed E-state index contributed by atoms with van der Waals surface area (Å²) in [6.45, 7) is 0.727. The molecule has 1 rings (SSSR count). The SMILES string of the molecule is CN1CC/C(=C\O)C1=O. The molecule has 50 valence electrons. The van der Waals surface area contributed by atoms with Crippen LogP contribution in [0, 0.1) is 0 Å². The van der Waals surface area contributed by atoms with E-state index in [1.165, 1.54) is 0 Å². The first-order chi connectivity index (χ1) is 4.25. The summed E-state index contributed by atoms with van der Waals surface area (Å²) in [6, 6.07) is 0. The van der Waals surface area contributed by atoms with Crippen molar-refractivity contribution in [3.63, 3.8) is 0 Å². The maximum atomic E-state index is 10.8. The van der Waals surface area contributed by atoms with E-state index in [4.69, 9.17) is 5.11 Å². The predicted octanol–water partition coefficient (Wildman–Crippen LogP) is 0.290. The fraction of sp³-hybridized carbons (Fsp3) is 0.500. The molecular formula is C6H9NO2. The molecule has 1 heterocycles. The first-order valence-corrected chi connectivity index (χ1v) is 2.84. The van der Waals surface area contributed by atoms with E-state index in [9.17, 15) is 4.79 Å². The van der Waals surface area contributed by atoms with Crippen molar-refractivity contribution in [3.05, 3.63) is 11.8 Å². The largest absolute Gasteiger partial charge is 0.515 e. The van der Waals surface area contributed by atoms with Crippen LogP contribution in [0.2, 0.25) is 0 Å². The lowest BCUT2D eigenvalue weighted by atomic mass is 10.3. The minimum Gasteiger partial charge on any atom is -0.515 e. The summed E-state index contributed by atoms with van der Waals surface area (Å²) in [5.41, 5.74) is 0.512. The summed E-state index contributed by atoms with van der Waals surface area (Å²) < 4.78 is 0. The van der Waals surface area contributed by atoms with Crippen molar-refractivity contribution in [2.24, 2.45) is 0 Å². The second-order valence-corrected chi connectivity index (χ2v) is 2.13. The van der Waals surface area contributed by atoms with E-state index in [1.54, 1.807) is 11.9 Å². The number of carbonyl (C=O) groups is 1. The molecule has 0 aromatic heterocycles. The fourth-order valence-corrected chi connectivity index (χ4v) is 0.862. The van der Waals surface area contributed by atoms with Crippen LogP contribution < -0.4 is 0 Å². The Morgan fingerprint density at radius 1 is 1.78 bits per heavy atom. The van der Waals surface area contributed by atoms with Gasteiger partial charge in [0.15, 0.2) is 0 Å². The Balaban J connectivity index is 2.74. The van der Waals surface area contributed by atoms with Crippen molar-refractivity contribution in [1.82, 2.24) is 4.90 Å². The third kappa shape index (κ3) is 0.896. The van der Waals surface area contributed by atoms with Crippen LogP contribution in [0.3, 0.4) is 0 Å². The number of hydrogen-bond donors (Lipinski definition) is 1. The quantitative estimate of drug-likeness (QED) is 0.375. The smallest absolute Gasteiger partial charge is 0.252 e. The zero-order valence-electron chi connectivity index (χ0n) is 5.29. The maximum absolute atomic E-state index is 10.8. The molecule has 0 saturated carbocycles. The van der Waals surface area contributed by atoms with Gasteiger partial charge in [0.25, 0.3) is 5.91 Å². The Hall–Kier alpha value is -0.990. The molecular weight excluding hydrogens is 118 g/mol. The van der Waals surface area contributed by atoms with Gasteiger partial charge in [-0.3, -0.25) is 4.79 Å². The van der Waals surface area contributed by atoms with Gasteiger partial charge in [-0.05, 0) is 6.42 Å². The van der Waals surface area contributed by atoms with Crippen LogP contribution in [0.5, 0.6) is 0 Å². The molecule has 0 radical (unpaired) electrons. The van der Waals surface area contributed by atoms with Gasteiger partial charge in [-0.2, -0.15) is 0 Å². The highest BCUT2D eigenvalue weighted by molar-refractivity contribution is 5.95. The van der Waals surface area contributed by atoms with E-state index in [-0.39, 0.29) is 5.91 Å². The second-order valence-electron chi connectivity index (χ2n) is 2.13. The van der Waals surface area contributed by atoms with Crippen LogP contribution >= 0.6 is 0 Å². The minimum absolute atomic E-state index is 0.0579. The second kappa shape index (κ2) is 2.09. The molecule has 9 heavy (non-hydrogen) atoms. The van der Waals surface area contributed by atoms with E-state index >= 15 is 0 Å². The van der Waals surface area contributed by atoms with Crippen molar-refractivity contribution in [1.29, 1.82) is 0 Å². The average molecular weight is 127 g/mol. The Morgan fingerprint density at radius 2 is 2.44 bits per heavy atom. The predicted molar refractivity (Wildman–Crippen MR) is 33.0 cm³/mol. The van der Waals surface area contributed by atoms with Gasteiger partial charge in [0, 0.05) is 13.6 Å². The molecule has 1 fully saturated rings. The standard InChI is InChI=1S/C6H9NO2/c1-7-3-2-5(4-8)6(7)9/h4,8H,2-3H2,1H3/b5-4+. The number of nitrogens with zero attached hydrogens (tertiary/aromatic N) is 1. The number of amides is 1. The molecule has 0 aromatic rings. The molecule has 1 aliphatic heterocycles. The summed E-state index contributed by atoms with van der Waals surface area (Å²) in [4.78, 5) is 12.4. The van der Waals surface area contributed by atoms with Crippen molar-refractivity contribution < 1.29 is 9.90 Å². The van der Waals surface area contributed by atoms with E-state index < -0.39 is 0 Å². The van der Waals surface area contributed by atoms with Crippen molar-refractivity contribution in [3.8, 4) is 0 Å². The highest BCUT2D eigenvalue weighted by atomic mass is 16.2. The number of hydrogen-bond acceptors (Lipinski definition) is 2. The van der Waals surface area contributed by atoms with Crippen LogP contribution in [0.4, 0.5) is 0 Å². The number of carbonyl (C=O) groups excluding carboxylic acids is 1. The lowest BCUT2D eigenvalue weighted by Gasteiger charge is -2.03. The van der Waals surface area contributed by atoms with E-state index in [0.717, 1.165) is 12.8 Å². The number of likely N-dealkylation sites (N-methyl/N-ethyl adjacent to an activating group) is 1. The Morgan fingerprint density at radius 3 is 2.67 bits per heavy atom. The highest BCUT2D eigenvalue weighted by Crippen LogP contribution is 2.13. The zero-order valence-corrected chi connectivity index (χ0v) is 5.29. The summed E-state index contributed by atoms with van der Waals surface area (Å²) in [5, 5.41) is 8.44. The molecule has 1 amide bonds. The lowest BCUT2D eigenvalue weighted by molar-refractivity contribution is -0.123. The van der Waals surface area contributed by atoms with Crippen molar-refractivity contribution in [2.75, 3.05) is 13.6 Å². The number of likely N-dealkylation sites (tertiary alicyclic amines) is 1. The number of aliphatic hydroxyl groups is 1. The van der Waals surface area contributed by atoms with Gasteiger partial charge >= 0.3 is 0 Å². The molecule has 1 saturated heterocycles. The van der Waals surface area contributed by atoms with Crippen molar-refractivity contribution in [2.45, 2.75) is 6.42 Å². The molecule has 3 heteroatoms. The highest BCUT2D eigenvalue weighted by Gasteiger charge is 2.21. The normalized spacial score (nSPS) is 23.9. The van der Waals surface area contributed by atoms with Crippen LogP contribution in [-0.2, 0) is 4.79 Å². The Labute approximate surface area is 53.6 Å².